The third-order valence-corrected chi connectivity index (χ3v) is 2.75. The molecule has 0 aliphatic rings. The zero-order valence-electron chi connectivity index (χ0n) is 10.1. The predicted octanol–water partition coefficient (Wildman–Crippen LogP) is 2.10. The van der Waals surface area contributed by atoms with Gasteiger partial charge in [-0.1, -0.05) is 30.3 Å². The molecule has 4 nitrogen and oxygen atoms in total. The van der Waals surface area contributed by atoms with Crippen LogP contribution in [0.15, 0.2) is 42.5 Å². The second kappa shape index (κ2) is 6.20. The first kappa shape index (κ1) is 13.4. The van der Waals surface area contributed by atoms with Crippen molar-refractivity contribution in [1.82, 2.24) is 5.32 Å². The van der Waals surface area contributed by atoms with E-state index in [2.05, 4.69) is 5.32 Å². The third-order valence-electron chi connectivity index (χ3n) is 2.50. The molecule has 0 heterocycles. The van der Waals surface area contributed by atoms with Crippen LogP contribution >= 0.6 is 11.6 Å². The molecule has 2 rings (SSSR count). The summed E-state index contributed by atoms with van der Waals surface area (Å²) >= 11 is 5.30. The molecular formula is C14H12ClNO3. The summed E-state index contributed by atoms with van der Waals surface area (Å²) in [7, 11) is 0. The highest BCUT2D eigenvalue weighted by molar-refractivity contribution is 6.27. The van der Waals surface area contributed by atoms with Gasteiger partial charge in [-0.2, -0.15) is 0 Å². The maximum Gasteiger partial charge on any atom is 0.330 e. The van der Waals surface area contributed by atoms with E-state index in [0.29, 0.717) is 5.75 Å². The lowest BCUT2D eigenvalue weighted by Crippen LogP contribution is -2.32. The molecule has 0 radical (unpaired) electrons. The van der Waals surface area contributed by atoms with Crippen LogP contribution in [0, 0.1) is 0 Å². The number of amides is 1. The normalized spacial score (nSPS) is 10.2. The molecule has 0 spiro atoms. The van der Waals surface area contributed by atoms with Gasteiger partial charge < -0.3 is 10.1 Å². The Kier molecular flexibility index (Phi) is 4.36. The lowest BCUT2D eigenvalue weighted by atomic mass is 10.1. The smallest absolute Gasteiger partial charge is 0.330 e. The van der Waals surface area contributed by atoms with Crippen molar-refractivity contribution >= 4 is 34.2 Å². The molecule has 0 saturated heterocycles. The van der Waals surface area contributed by atoms with Crippen molar-refractivity contribution in [3.8, 4) is 5.75 Å². The van der Waals surface area contributed by atoms with Gasteiger partial charge in [0.05, 0.1) is 0 Å². The summed E-state index contributed by atoms with van der Waals surface area (Å²) in [6, 6.07) is 13.1. The average Bonchev–Trinajstić information content (AvgIpc) is 2.44. The zero-order chi connectivity index (χ0) is 13.7. The van der Waals surface area contributed by atoms with Crippen molar-refractivity contribution in [2.75, 3.05) is 12.4 Å². The van der Waals surface area contributed by atoms with Gasteiger partial charge >= 0.3 is 5.97 Å². The summed E-state index contributed by atoms with van der Waals surface area (Å²) in [5.41, 5.74) is 0. The van der Waals surface area contributed by atoms with Gasteiger partial charge in [0.15, 0.2) is 0 Å². The van der Waals surface area contributed by atoms with E-state index < -0.39 is 11.9 Å². The second-order valence-corrected chi connectivity index (χ2v) is 4.16. The van der Waals surface area contributed by atoms with E-state index in [0.717, 1.165) is 10.8 Å². The van der Waals surface area contributed by atoms with Crippen LogP contribution in [-0.4, -0.2) is 24.3 Å². The van der Waals surface area contributed by atoms with Crippen LogP contribution in [0.1, 0.15) is 0 Å². The molecule has 1 N–H and O–H groups in total. The van der Waals surface area contributed by atoms with Gasteiger partial charge in [0, 0.05) is 0 Å². The number of hydrogen-bond acceptors (Lipinski definition) is 3. The predicted molar refractivity (Wildman–Crippen MR) is 73.3 cm³/mol. The second-order valence-electron chi connectivity index (χ2n) is 3.89. The van der Waals surface area contributed by atoms with Crippen LogP contribution in [0.4, 0.5) is 0 Å². The number of nitrogens with one attached hydrogen (secondary N) is 1. The first-order valence-corrected chi connectivity index (χ1v) is 6.24. The molecule has 0 unspecified atom stereocenters. The highest BCUT2D eigenvalue weighted by atomic mass is 35.5. The average molecular weight is 278 g/mol. The van der Waals surface area contributed by atoms with Gasteiger partial charge in [0.25, 0.3) is 0 Å². The number of fused-ring (bicyclic) bond motifs is 1. The van der Waals surface area contributed by atoms with Crippen molar-refractivity contribution in [3.05, 3.63) is 42.5 Å². The summed E-state index contributed by atoms with van der Waals surface area (Å²) in [6.45, 7) is -0.196. The number of carbonyl (C=O) groups is 2. The van der Waals surface area contributed by atoms with E-state index in [1.54, 1.807) is 12.1 Å². The number of halogens is 1. The van der Waals surface area contributed by atoms with Gasteiger partial charge in [-0.3, -0.25) is 4.79 Å². The number of rotatable bonds is 4. The Morgan fingerprint density at radius 1 is 1.11 bits per heavy atom. The van der Waals surface area contributed by atoms with E-state index in [9.17, 15) is 9.59 Å². The Morgan fingerprint density at radius 3 is 2.58 bits per heavy atom. The molecule has 0 fully saturated rings. The molecule has 1 amide bonds. The number of alkyl halides is 1. The molecule has 0 saturated carbocycles. The van der Waals surface area contributed by atoms with E-state index in [-0.39, 0.29) is 12.4 Å². The number of ether oxygens (including phenoxy) is 1. The number of carbonyl (C=O) groups excluding carboxylic acids is 2. The monoisotopic (exact) mass is 277 g/mol. The van der Waals surface area contributed by atoms with E-state index in [1.807, 2.05) is 30.3 Å². The fourth-order valence-electron chi connectivity index (χ4n) is 1.62. The molecule has 2 aromatic carbocycles. The standard InChI is InChI=1S/C14H12ClNO3/c15-8-13(17)16-9-14(18)19-12-6-5-10-3-1-2-4-11(10)7-12/h1-7H,8-9H2,(H,16,17). The van der Waals surface area contributed by atoms with Crippen molar-refractivity contribution < 1.29 is 14.3 Å². The van der Waals surface area contributed by atoms with Crippen molar-refractivity contribution in [3.63, 3.8) is 0 Å². The first-order valence-electron chi connectivity index (χ1n) is 5.71. The van der Waals surface area contributed by atoms with Gasteiger partial charge in [-0.05, 0) is 22.9 Å². The van der Waals surface area contributed by atoms with E-state index in [1.165, 1.54) is 0 Å². The fraction of sp³-hybridized carbons (Fsp3) is 0.143. The summed E-state index contributed by atoms with van der Waals surface area (Å²) < 4.78 is 5.12. The maximum absolute atomic E-state index is 11.5. The van der Waals surface area contributed by atoms with Crippen LogP contribution in [0.5, 0.6) is 5.75 Å². The molecule has 98 valence electrons. The molecule has 0 aliphatic carbocycles. The summed E-state index contributed by atoms with van der Waals surface area (Å²) in [6.07, 6.45) is 0. The largest absolute Gasteiger partial charge is 0.425 e. The van der Waals surface area contributed by atoms with Gasteiger partial charge in [0.2, 0.25) is 5.91 Å². The minimum Gasteiger partial charge on any atom is -0.425 e. The van der Waals surface area contributed by atoms with Crippen LogP contribution in [-0.2, 0) is 9.59 Å². The quantitative estimate of drug-likeness (QED) is 0.529. The van der Waals surface area contributed by atoms with Crippen LogP contribution in [0.25, 0.3) is 10.8 Å². The molecule has 0 atom stereocenters. The maximum atomic E-state index is 11.5. The van der Waals surface area contributed by atoms with Crippen molar-refractivity contribution in [2.45, 2.75) is 0 Å². The zero-order valence-corrected chi connectivity index (χ0v) is 10.8. The molecule has 2 aromatic rings. The van der Waals surface area contributed by atoms with Gasteiger partial charge in [-0.25, -0.2) is 4.79 Å². The van der Waals surface area contributed by atoms with Gasteiger partial charge in [0.1, 0.15) is 18.2 Å². The Morgan fingerprint density at radius 2 is 1.84 bits per heavy atom. The molecule has 0 aromatic heterocycles. The lowest BCUT2D eigenvalue weighted by Gasteiger charge is -2.06. The third kappa shape index (κ3) is 3.69. The summed E-state index contributed by atoms with van der Waals surface area (Å²) in [5.74, 6) is -0.668. The van der Waals surface area contributed by atoms with Crippen molar-refractivity contribution in [1.29, 1.82) is 0 Å². The summed E-state index contributed by atoms with van der Waals surface area (Å²) in [5, 5.41) is 4.40. The molecule has 19 heavy (non-hydrogen) atoms. The molecule has 5 heteroatoms. The molecule has 0 aliphatic heterocycles. The van der Waals surface area contributed by atoms with Crippen LogP contribution in [0.2, 0.25) is 0 Å². The van der Waals surface area contributed by atoms with E-state index >= 15 is 0 Å². The Bertz CT molecular complexity index is 612. The topological polar surface area (TPSA) is 55.4 Å². The van der Waals surface area contributed by atoms with E-state index in [4.69, 9.17) is 16.3 Å². The highest BCUT2D eigenvalue weighted by Gasteiger charge is 2.07. The van der Waals surface area contributed by atoms with Crippen molar-refractivity contribution in [2.24, 2.45) is 0 Å². The lowest BCUT2D eigenvalue weighted by molar-refractivity contribution is -0.135. The SMILES string of the molecule is O=C(CCl)NCC(=O)Oc1ccc2ccccc2c1. The first-order chi connectivity index (χ1) is 9.19. The number of esters is 1. The minimum atomic E-state index is -0.534. The number of hydrogen-bond donors (Lipinski definition) is 1. The fourth-order valence-corrected chi connectivity index (χ4v) is 1.71. The highest BCUT2D eigenvalue weighted by Crippen LogP contribution is 2.20. The molecular weight excluding hydrogens is 266 g/mol. The van der Waals surface area contributed by atoms with Crippen LogP contribution in [0.3, 0.4) is 0 Å². The van der Waals surface area contributed by atoms with Gasteiger partial charge in [-0.15, -0.1) is 11.6 Å². The Balaban J connectivity index is 2.01. The van der Waals surface area contributed by atoms with Crippen LogP contribution < -0.4 is 10.1 Å². The Hall–Kier alpha value is -2.07. The minimum absolute atomic E-state index is 0.177. The Labute approximate surface area is 115 Å². The summed E-state index contributed by atoms with van der Waals surface area (Å²) in [4.78, 5) is 22.4. The molecule has 0 bridgehead atoms. The number of benzene rings is 2.